The number of aliphatic hydroxyl groups excluding tert-OH is 1. The summed E-state index contributed by atoms with van der Waals surface area (Å²) in [5.41, 5.74) is 5.75. The zero-order chi connectivity index (χ0) is 20.8. The lowest BCUT2D eigenvalue weighted by Crippen LogP contribution is -1.92. The van der Waals surface area contributed by atoms with Crippen molar-refractivity contribution in [3.05, 3.63) is 100 Å². The molecule has 3 aromatic rings. The van der Waals surface area contributed by atoms with E-state index in [2.05, 4.69) is 26.0 Å². The second kappa shape index (κ2) is 9.86. The lowest BCUT2D eigenvalue weighted by Gasteiger charge is -2.11. The molecule has 0 spiro atoms. The summed E-state index contributed by atoms with van der Waals surface area (Å²) in [5, 5.41) is 9.15. The summed E-state index contributed by atoms with van der Waals surface area (Å²) in [4.78, 5) is 1.10. The van der Waals surface area contributed by atoms with Gasteiger partial charge in [0.05, 0.1) is 6.61 Å². The Labute approximate surface area is 175 Å². The van der Waals surface area contributed by atoms with E-state index in [0.717, 1.165) is 33.4 Å². The Morgan fingerprint density at radius 3 is 2.21 bits per heavy atom. The van der Waals surface area contributed by atoms with Crippen molar-refractivity contribution >= 4 is 23.4 Å². The Kier molecular flexibility index (Phi) is 7.24. The Hall–Kier alpha value is -2.43. The predicted octanol–water partition coefficient (Wildman–Crippen LogP) is 6.80. The minimum absolute atomic E-state index is 0.0267. The summed E-state index contributed by atoms with van der Waals surface area (Å²) >= 11 is 1.68. The highest BCUT2D eigenvalue weighted by molar-refractivity contribution is 7.99. The van der Waals surface area contributed by atoms with Crippen molar-refractivity contribution in [2.75, 3.05) is 5.75 Å². The number of aryl methyl sites for hydroxylation is 2. The average Bonchev–Trinajstić information content (AvgIpc) is 2.69. The van der Waals surface area contributed by atoms with E-state index < -0.39 is 11.6 Å². The third-order valence-electron chi connectivity index (χ3n) is 4.85. The second-order valence-corrected chi connectivity index (χ2v) is 8.24. The fourth-order valence-corrected chi connectivity index (χ4v) is 3.95. The quantitative estimate of drug-likeness (QED) is 0.341. The van der Waals surface area contributed by atoms with Gasteiger partial charge >= 0.3 is 0 Å². The van der Waals surface area contributed by atoms with Crippen LogP contribution in [0.5, 0.6) is 0 Å². The lowest BCUT2D eigenvalue weighted by molar-refractivity contribution is 0.282. The maximum Gasteiger partial charge on any atom is 0.126 e. The molecule has 0 amide bonds. The van der Waals surface area contributed by atoms with Gasteiger partial charge in [-0.1, -0.05) is 36.4 Å². The molecule has 0 bridgehead atoms. The zero-order valence-electron chi connectivity index (χ0n) is 16.6. The van der Waals surface area contributed by atoms with E-state index in [1.165, 1.54) is 23.3 Å². The molecule has 29 heavy (non-hydrogen) atoms. The van der Waals surface area contributed by atoms with Crippen LogP contribution in [-0.4, -0.2) is 10.9 Å². The third kappa shape index (κ3) is 6.02. The molecule has 150 valence electrons. The van der Waals surface area contributed by atoms with Crippen LogP contribution in [0.4, 0.5) is 8.78 Å². The molecule has 1 N–H and O–H groups in total. The lowest BCUT2D eigenvalue weighted by atomic mass is 9.98. The summed E-state index contributed by atoms with van der Waals surface area (Å²) < 4.78 is 27.6. The number of hydrogen-bond donors (Lipinski definition) is 1. The van der Waals surface area contributed by atoms with Gasteiger partial charge in [-0.15, -0.1) is 11.8 Å². The number of thioether (sulfide) groups is 1. The first-order chi connectivity index (χ1) is 13.9. The topological polar surface area (TPSA) is 20.2 Å². The first kappa shape index (κ1) is 21.3. The SMILES string of the molecule is Cc1ccc(C=C(CCSc2ccc(CO)cc2)c2cc(F)cc(F)c2)cc1C. The van der Waals surface area contributed by atoms with Gasteiger partial charge < -0.3 is 5.11 Å². The van der Waals surface area contributed by atoms with Gasteiger partial charge in [-0.3, -0.25) is 0 Å². The Morgan fingerprint density at radius 2 is 1.59 bits per heavy atom. The fourth-order valence-electron chi connectivity index (χ4n) is 3.06. The maximum atomic E-state index is 13.8. The average molecular weight is 411 g/mol. The number of allylic oxidation sites excluding steroid dienone is 1. The Bertz CT molecular complexity index is 990. The van der Waals surface area contributed by atoms with E-state index in [1.807, 2.05) is 36.4 Å². The summed E-state index contributed by atoms with van der Waals surface area (Å²) in [6, 6.07) is 17.6. The second-order valence-electron chi connectivity index (χ2n) is 7.07. The van der Waals surface area contributed by atoms with Crippen molar-refractivity contribution < 1.29 is 13.9 Å². The first-order valence-corrected chi connectivity index (χ1v) is 10.5. The maximum absolute atomic E-state index is 13.8. The monoisotopic (exact) mass is 410 g/mol. The van der Waals surface area contributed by atoms with Crippen LogP contribution in [0.1, 0.15) is 34.2 Å². The van der Waals surface area contributed by atoms with Crippen molar-refractivity contribution in [1.29, 1.82) is 0 Å². The molecule has 0 aromatic heterocycles. The number of halogens is 2. The van der Waals surface area contributed by atoms with Crippen molar-refractivity contribution in [3.63, 3.8) is 0 Å². The molecule has 0 unspecified atom stereocenters. The van der Waals surface area contributed by atoms with E-state index >= 15 is 0 Å². The van der Waals surface area contributed by atoms with Crippen LogP contribution >= 0.6 is 11.8 Å². The molecular formula is C25H24F2OS. The summed E-state index contributed by atoms with van der Waals surface area (Å²) in [6.07, 6.45) is 2.68. The zero-order valence-corrected chi connectivity index (χ0v) is 17.4. The fraction of sp³-hybridized carbons (Fsp3) is 0.200. The van der Waals surface area contributed by atoms with Gasteiger partial charge in [0.25, 0.3) is 0 Å². The summed E-state index contributed by atoms with van der Waals surface area (Å²) in [7, 11) is 0. The highest BCUT2D eigenvalue weighted by Crippen LogP contribution is 2.28. The largest absolute Gasteiger partial charge is 0.392 e. The van der Waals surface area contributed by atoms with Crippen LogP contribution in [-0.2, 0) is 6.61 Å². The van der Waals surface area contributed by atoms with Gasteiger partial charge in [-0.2, -0.15) is 0 Å². The van der Waals surface area contributed by atoms with Gasteiger partial charge in [0.15, 0.2) is 0 Å². The van der Waals surface area contributed by atoms with Crippen LogP contribution < -0.4 is 0 Å². The molecule has 4 heteroatoms. The van der Waals surface area contributed by atoms with E-state index in [-0.39, 0.29) is 6.61 Å². The van der Waals surface area contributed by atoms with Crippen molar-refractivity contribution in [2.24, 2.45) is 0 Å². The molecule has 0 heterocycles. The molecule has 3 rings (SSSR count). The molecule has 0 saturated heterocycles. The minimum atomic E-state index is -0.571. The molecule has 0 fully saturated rings. The highest BCUT2D eigenvalue weighted by atomic mass is 32.2. The molecular weight excluding hydrogens is 386 g/mol. The third-order valence-corrected chi connectivity index (χ3v) is 5.87. The van der Waals surface area contributed by atoms with Gasteiger partial charge in [-0.05, 0) is 77.9 Å². The smallest absolute Gasteiger partial charge is 0.126 e. The molecule has 0 atom stereocenters. The first-order valence-electron chi connectivity index (χ1n) is 9.51. The van der Waals surface area contributed by atoms with E-state index in [9.17, 15) is 8.78 Å². The Balaban J connectivity index is 1.83. The van der Waals surface area contributed by atoms with Gasteiger partial charge in [-0.25, -0.2) is 8.78 Å². The summed E-state index contributed by atoms with van der Waals surface area (Å²) in [6.45, 7) is 4.14. The number of benzene rings is 3. The Morgan fingerprint density at radius 1 is 0.897 bits per heavy atom. The number of rotatable bonds is 7. The molecule has 1 nitrogen and oxygen atoms in total. The van der Waals surface area contributed by atoms with Gasteiger partial charge in [0.2, 0.25) is 0 Å². The molecule has 0 radical (unpaired) electrons. The number of aliphatic hydroxyl groups is 1. The van der Waals surface area contributed by atoms with Crippen molar-refractivity contribution in [1.82, 2.24) is 0 Å². The van der Waals surface area contributed by atoms with Crippen LogP contribution in [0, 0.1) is 25.5 Å². The van der Waals surface area contributed by atoms with E-state index in [4.69, 9.17) is 5.11 Å². The summed E-state index contributed by atoms with van der Waals surface area (Å²) in [5.74, 6) is -0.371. The number of hydrogen-bond acceptors (Lipinski definition) is 2. The van der Waals surface area contributed by atoms with Crippen LogP contribution in [0.3, 0.4) is 0 Å². The highest BCUT2D eigenvalue weighted by Gasteiger charge is 2.08. The van der Waals surface area contributed by atoms with Crippen molar-refractivity contribution in [3.8, 4) is 0 Å². The van der Waals surface area contributed by atoms with Gasteiger partial charge in [0, 0.05) is 16.7 Å². The minimum Gasteiger partial charge on any atom is -0.392 e. The van der Waals surface area contributed by atoms with Crippen LogP contribution in [0.25, 0.3) is 11.6 Å². The standard InChI is InChI=1S/C25H24F2OS/c1-17-3-4-20(11-18(17)2)12-21(22-13-23(26)15-24(27)14-22)9-10-29-25-7-5-19(16-28)6-8-25/h3-8,11-15,28H,9-10,16H2,1-2H3. The normalized spacial score (nSPS) is 11.7. The molecule has 0 saturated carbocycles. The molecule has 3 aromatic carbocycles. The molecule has 0 aliphatic carbocycles. The predicted molar refractivity (Wildman–Crippen MR) is 118 cm³/mol. The van der Waals surface area contributed by atoms with Gasteiger partial charge in [0.1, 0.15) is 11.6 Å². The van der Waals surface area contributed by atoms with Crippen LogP contribution in [0.2, 0.25) is 0 Å². The molecule has 0 aliphatic heterocycles. The van der Waals surface area contributed by atoms with E-state index in [0.29, 0.717) is 12.0 Å². The van der Waals surface area contributed by atoms with Crippen molar-refractivity contribution in [2.45, 2.75) is 31.8 Å². The van der Waals surface area contributed by atoms with E-state index in [1.54, 1.807) is 11.8 Å². The molecule has 0 aliphatic rings. The van der Waals surface area contributed by atoms with Crippen LogP contribution in [0.15, 0.2) is 65.6 Å².